The first kappa shape index (κ1) is 30.0. The van der Waals surface area contributed by atoms with Gasteiger partial charge in [-0.2, -0.15) is 13.2 Å². The van der Waals surface area contributed by atoms with Crippen molar-refractivity contribution in [3.63, 3.8) is 0 Å². The number of fused-ring (bicyclic) bond motifs is 6. The number of nitrogens with zero attached hydrogens (tertiary/aromatic N) is 4. The van der Waals surface area contributed by atoms with Crippen LogP contribution in [-0.4, -0.2) is 75.7 Å². The van der Waals surface area contributed by atoms with Crippen molar-refractivity contribution in [2.75, 3.05) is 32.8 Å². The first-order valence-corrected chi connectivity index (χ1v) is 16.7. The Morgan fingerprint density at radius 3 is 2.78 bits per heavy atom. The fourth-order valence-corrected chi connectivity index (χ4v) is 8.59. The predicted octanol–water partition coefficient (Wildman–Crippen LogP) is 5.27. The summed E-state index contributed by atoms with van der Waals surface area (Å²) in [6, 6.07) is 1.84. The van der Waals surface area contributed by atoms with Gasteiger partial charge in [-0.15, -0.1) is 5.10 Å². The highest BCUT2D eigenvalue weighted by atomic mass is 32.2. The molecule has 1 saturated carbocycles. The summed E-state index contributed by atoms with van der Waals surface area (Å²) < 4.78 is 51.1. The van der Waals surface area contributed by atoms with Crippen LogP contribution in [0.25, 0.3) is 0 Å². The maximum absolute atomic E-state index is 13.2. The average Bonchev–Trinajstić information content (AvgIpc) is 3.23. The SMILES string of the molecule is CC1(C)CC2CCCCN3CCC(N3)SNCC3CCC(n4ccc(OCCCC5(C(F)(F)F)CC5)n4)NC3N1C2. The van der Waals surface area contributed by atoms with Crippen LogP contribution in [0.2, 0.25) is 0 Å². The van der Waals surface area contributed by atoms with Crippen LogP contribution in [-0.2, 0) is 0 Å². The second kappa shape index (κ2) is 12.1. The lowest BCUT2D eigenvalue weighted by Crippen LogP contribution is -2.60. The minimum absolute atomic E-state index is 0.0585. The van der Waals surface area contributed by atoms with Crippen LogP contribution in [0.4, 0.5) is 13.2 Å². The van der Waals surface area contributed by atoms with Crippen LogP contribution < -0.4 is 20.2 Å². The normalized spacial score (nSPS) is 37.1. The molecule has 6 rings (SSSR count). The molecule has 12 heteroatoms. The molecule has 0 aromatic carbocycles. The van der Waals surface area contributed by atoms with Gasteiger partial charge in [0.1, 0.15) is 6.17 Å². The first-order valence-electron chi connectivity index (χ1n) is 15.8. The number of rotatable bonds is 6. The van der Waals surface area contributed by atoms with Crippen LogP contribution in [0.1, 0.15) is 90.6 Å². The summed E-state index contributed by atoms with van der Waals surface area (Å²) in [4.78, 5) is 2.73. The Labute approximate surface area is 247 Å². The number of hydrogen-bond donors (Lipinski definition) is 3. The largest absolute Gasteiger partial charge is 0.477 e. The third-order valence-corrected chi connectivity index (χ3v) is 11.2. The molecule has 7 unspecified atom stereocenters. The van der Waals surface area contributed by atoms with E-state index in [1.54, 1.807) is 0 Å². The molecule has 7 atom stereocenters. The summed E-state index contributed by atoms with van der Waals surface area (Å²) in [5.74, 6) is 1.69. The van der Waals surface area contributed by atoms with Gasteiger partial charge >= 0.3 is 6.18 Å². The molecule has 0 radical (unpaired) electrons. The number of aromatic nitrogens is 2. The number of nitrogens with one attached hydrogen (secondary N) is 3. The molecule has 3 N–H and O–H groups in total. The Morgan fingerprint density at radius 2 is 1.98 bits per heavy atom. The highest BCUT2D eigenvalue weighted by molar-refractivity contribution is 7.98. The van der Waals surface area contributed by atoms with Gasteiger partial charge in [0.15, 0.2) is 0 Å². The van der Waals surface area contributed by atoms with E-state index < -0.39 is 11.6 Å². The number of ether oxygens (including phenoxy) is 1. The lowest BCUT2D eigenvalue weighted by atomic mass is 9.90. The van der Waals surface area contributed by atoms with Crippen molar-refractivity contribution < 1.29 is 17.9 Å². The second-order valence-electron chi connectivity index (χ2n) is 13.7. The summed E-state index contributed by atoms with van der Waals surface area (Å²) in [5, 5.41) is 11.5. The van der Waals surface area contributed by atoms with Gasteiger partial charge in [0.05, 0.1) is 23.6 Å². The van der Waals surface area contributed by atoms with E-state index in [-0.39, 0.29) is 43.7 Å². The van der Waals surface area contributed by atoms with Crippen molar-refractivity contribution >= 4 is 11.9 Å². The molecule has 0 amide bonds. The number of hydrogen-bond acceptors (Lipinski definition) is 8. The Kier molecular flexibility index (Phi) is 8.89. The minimum Gasteiger partial charge on any atom is -0.477 e. The molecule has 4 aliphatic heterocycles. The number of alkyl halides is 3. The Balaban J connectivity index is 1.08. The lowest BCUT2D eigenvalue weighted by Gasteiger charge is -2.47. The van der Waals surface area contributed by atoms with Crippen molar-refractivity contribution in [3.8, 4) is 5.88 Å². The first-order chi connectivity index (χ1) is 19.6. The zero-order valence-corrected chi connectivity index (χ0v) is 25.4. The topological polar surface area (TPSA) is 69.6 Å². The quantitative estimate of drug-likeness (QED) is 0.302. The lowest BCUT2D eigenvalue weighted by molar-refractivity contribution is -0.189. The number of piperidine rings is 1. The predicted molar refractivity (Wildman–Crippen MR) is 155 cm³/mol. The molecular formula is C29H48F3N7OS. The standard InChI is InChI=1S/C29H48F3N7OS/c1-27(2)18-21-6-3-4-14-37-15-10-25(36-37)41-33-19-22-7-8-23(34-26(22)38(27)20-21)39-16-9-24(35-39)40-17-5-11-28(12-13-28)29(30,31)32/h9,16,21-23,25-26,33-34,36H,3-8,10-15,17-20H2,1-2H3. The summed E-state index contributed by atoms with van der Waals surface area (Å²) in [7, 11) is 0. The summed E-state index contributed by atoms with van der Waals surface area (Å²) in [6.45, 7) is 9.41. The van der Waals surface area contributed by atoms with E-state index in [9.17, 15) is 13.2 Å². The maximum atomic E-state index is 13.2. The van der Waals surface area contributed by atoms with Crippen molar-refractivity contribution in [2.45, 2.75) is 114 Å². The molecule has 1 aliphatic carbocycles. The van der Waals surface area contributed by atoms with Crippen LogP contribution in [0.5, 0.6) is 5.88 Å². The average molecular weight is 600 g/mol. The Bertz CT molecular complexity index is 1020. The molecular weight excluding hydrogens is 551 g/mol. The van der Waals surface area contributed by atoms with E-state index in [2.05, 4.69) is 44.3 Å². The van der Waals surface area contributed by atoms with Gasteiger partial charge in [-0.3, -0.25) is 19.6 Å². The molecule has 5 fully saturated rings. The fourth-order valence-electron chi connectivity index (χ4n) is 7.65. The molecule has 8 nitrogen and oxygen atoms in total. The third-order valence-electron chi connectivity index (χ3n) is 10.2. The van der Waals surface area contributed by atoms with Gasteiger partial charge in [0, 0.05) is 49.9 Å². The van der Waals surface area contributed by atoms with Gasteiger partial charge in [0.2, 0.25) is 5.88 Å². The summed E-state index contributed by atoms with van der Waals surface area (Å²) in [5.41, 5.74) is 2.34. The molecule has 4 bridgehead atoms. The van der Waals surface area contributed by atoms with Crippen molar-refractivity contribution in [1.29, 1.82) is 0 Å². The van der Waals surface area contributed by atoms with Crippen LogP contribution in [0, 0.1) is 17.3 Å². The third kappa shape index (κ3) is 6.87. The summed E-state index contributed by atoms with van der Waals surface area (Å²) >= 11 is 1.84. The molecule has 0 spiro atoms. The minimum atomic E-state index is -4.10. The smallest absolute Gasteiger partial charge is 0.394 e. The summed E-state index contributed by atoms with van der Waals surface area (Å²) in [6.07, 6.45) is 7.43. The molecule has 4 saturated heterocycles. The monoisotopic (exact) mass is 599 g/mol. The Morgan fingerprint density at radius 1 is 1.12 bits per heavy atom. The van der Waals surface area contributed by atoms with E-state index in [4.69, 9.17) is 4.74 Å². The van der Waals surface area contributed by atoms with Gasteiger partial charge < -0.3 is 4.74 Å². The second-order valence-corrected chi connectivity index (χ2v) is 14.8. The maximum Gasteiger partial charge on any atom is 0.394 e. The fraction of sp³-hybridized carbons (Fsp3) is 0.897. The molecule has 41 heavy (non-hydrogen) atoms. The van der Waals surface area contributed by atoms with E-state index in [0.717, 1.165) is 44.9 Å². The van der Waals surface area contributed by atoms with Crippen molar-refractivity contribution in [2.24, 2.45) is 17.3 Å². The van der Waals surface area contributed by atoms with Crippen molar-refractivity contribution in [1.82, 2.24) is 35.2 Å². The van der Waals surface area contributed by atoms with Crippen molar-refractivity contribution in [3.05, 3.63) is 12.3 Å². The molecule has 5 heterocycles. The van der Waals surface area contributed by atoms with E-state index in [1.165, 1.54) is 32.1 Å². The molecule has 1 aromatic heterocycles. The van der Waals surface area contributed by atoms with Crippen LogP contribution >= 0.6 is 11.9 Å². The van der Waals surface area contributed by atoms with E-state index in [0.29, 0.717) is 23.6 Å². The highest BCUT2D eigenvalue weighted by Gasteiger charge is 2.62. The van der Waals surface area contributed by atoms with E-state index >= 15 is 0 Å². The molecule has 5 aliphatic rings. The number of hydrazine groups is 1. The highest BCUT2D eigenvalue weighted by Crippen LogP contribution is 2.60. The van der Waals surface area contributed by atoms with Crippen LogP contribution in [0.3, 0.4) is 0 Å². The van der Waals surface area contributed by atoms with Gasteiger partial charge in [-0.1, -0.05) is 18.4 Å². The van der Waals surface area contributed by atoms with Gasteiger partial charge in [-0.25, -0.2) is 10.4 Å². The molecule has 1 aromatic rings. The zero-order chi connectivity index (χ0) is 28.7. The van der Waals surface area contributed by atoms with Gasteiger partial charge in [0.25, 0.3) is 0 Å². The molecule has 232 valence electrons. The van der Waals surface area contributed by atoms with Gasteiger partial charge in [-0.05, 0) is 84.0 Å². The van der Waals surface area contributed by atoms with Crippen LogP contribution in [0.15, 0.2) is 12.3 Å². The van der Waals surface area contributed by atoms with E-state index in [1.807, 2.05) is 28.9 Å². The Hall–Kier alpha value is -1.05. The number of halogens is 3. The zero-order valence-electron chi connectivity index (χ0n) is 24.6.